The minimum absolute atomic E-state index is 0.124. The van der Waals surface area contributed by atoms with E-state index >= 15 is 0 Å². The van der Waals surface area contributed by atoms with Crippen LogP contribution in [0.2, 0.25) is 0 Å². The molecule has 0 saturated heterocycles. The van der Waals surface area contributed by atoms with E-state index in [1.807, 2.05) is 13.0 Å². The summed E-state index contributed by atoms with van der Waals surface area (Å²) in [7, 11) is 0. The number of aliphatic imine (C=N–C) groups is 1. The highest BCUT2D eigenvalue weighted by Gasteiger charge is 2.20. The number of nitrogens with zero attached hydrogens (tertiary/aromatic N) is 3. The van der Waals surface area contributed by atoms with Gasteiger partial charge in [-0.3, -0.25) is 0 Å². The van der Waals surface area contributed by atoms with Crippen molar-refractivity contribution >= 4 is 33.6 Å². The second-order valence-electron chi connectivity index (χ2n) is 4.46. The third-order valence-electron chi connectivity index (χ3n) is 2.98. The minimum atomic E-state index is 0.124. The second-order valence-corrected chi connectivity index (χ2v) is 7.01. The third kappa shape index (κ3) is 2.91. The second kappa shape index (κ2) is 6.01. The lowest BCUT2D eigenvalue weighted by atomic mass is 10.2. The molecule has 0 fully saturated rings. The Labute approximate surface area is 126 Å². The van der Waals surface area contributed by atoms with E-state index in [0.717, 1.165) is 28.1 Å². The summed E-state index contributed by atoms with van der Waals surface area (Å²) in [5.41, 5.74) is 2.36. The van der Waals surface area contributed by atoms with Crippen LogP contribution in [0.5, 0.6) is 0 Å². The Morgan fingerprint density at radius 3 is 3.05 bits per heavy atom. The Bertz CT molecular complexity index is 639. The fourth-order valence-corrected chi connectivity index (χ4v) is 4.07. The van der Waals surface area contributed by atoms with Gasteiger partial charge in [-0.25, -0.2) is 4.99 Å². The molecule has 20 heavy (non-hydrogen) atoms. The average Bonchev–Trinajstić information content (AvgIpc) is 2.96. The van der Waals surface area contributed by atoms with Crippen molar-refractivity contribution in [3.05, 3.63) is 41.5 Å². The van der Waals surface area contributed by atoms with Crippen molar-refractivity contribution in [2.45, 2.75) is 31.3 Å². The van der Waals surface area contributed by atoms with Gasteiger partial charge in [0.25, 0.3) is 0 Å². The molecular weight excluding hydrogens is 290 g/mol. The molecule has 1 aromatic carbocycles. The van der Waals surface area contributed by atoms with Gasteiger partial charge in [0.15, 0.2) is 5.82 Å². The molecule has 4 nitrogen and oxygen atoms in total. The first-order valence-corrected chi connectivity index (χ1v) is 8.41. The lowest BCUT2D eigenvalue weighted by Crippen LogP contribution is -1.99. The smallest absolute Gasteiger partial charge is 0.239 e. The molecule has 0 saturated carbocycles. The number of fused-ring (bicyclic) bond motifs is 1. The van der Waals surface area contributed by atoms with Crippen molar-refractivity contribution in [1.29, 1.82) is 0 Å². The molecule has 0 bridgehead atoms. The summed E-state index contributed by atoms with van der Waals surface area (Å²) in [5, 5.41) is 4.06. The van der Waals surface area contributed by atoms with Crippen LogP contribution in [0.3, 0.4) is 0 Å². The molecule has 1 aliphatic heterocycles. The van der Waals surface area contributed by atoms with Crippen LogP contribution >= 0.6 is 23.5 Å². The fraction of sp³-hybridized carbons (Fsp3) is 0.357. The number of benzene rings is 1. The molecule has 0 amide bonds. The highest BCUT2D eigenvalue weighted by molar-refractivity contribution is 8.38. The standard InChI is InChI=1S/C14H15N3OS2/c1-3-12-16-13(18-17-12)9(2)20-14-15-11-7-5-4-6-10(11)8-19-14/h4-7,9H,3,8H2,1-2H3. The number of aryl methyl sites for hydroxylation is 1. The zero-order valence-electron chi connectivity index (χ0n) is 11.4. The van der Waals surface area contributed by atoms with Gasteiger partial charge in [-0.15, -0.1) is 0 Å². The van der Waals surface area contributed by atoms with Crippen LogP contribution in [0.4, 0.5) is 5.69 Å². The lowest BCUT2D eigenvalue weighted by Gasteiger charge is -2.15. The zero-order valence-corrected chi connectivity index (χ0v) is 13.0. The molecule has 6 heteroatoms. The topological polar surface area (TPSA) is 51.3 Å². The van der Waals surface area contributed by atoms with E-state index in [4.69, 9.17) is 9.52 Å². The summed E-state index contributed by atoms with van der Waals surface area (Å²) >= 11 is 3.44. The normalized spacial score (nSPS) is 15.6. The van der Waals surface area contributed by atoms with Crippen molar-refractivity contribution in [3.8, 4) is 0 Å². The molecule has 2 aromatic rings. The van der Waals surface area contributed by atoms with Crippen LogP contribution in [0, 0.1) is 0 Å². The summed E-state index contributed by atoms with van der Waals surface area (Å²) < 4.78 is 6.34. The van der Waals surface area contributed by atoms with E-state index in [1.165, 1.54) is 5.56 Å². The molecule has 1 aromatic heterocycles. The van der Waals surface area contributed by atoms with E-state index in [-0.39, 0.29) is 5.25 Å². The van der Waals surface area contributed by atoms with Crippen molar-refractivity contribution in [3.63, 3.8) is 0 Å². The number of aromatic nitrogens is 2. The first-order chi connectivity index (χ1) is 9.76. The number of rotatable bonds is 3. The Hall–Kier alpha value is -1.27. The van der Waals surface area contributed by atoms with Crippen LogP contribution < -0.4 is 0 Å². The molecule has 1 unspecified atom stereocenters. The van der Waals surface area contributed by atoms with Gasteiger partial charge in [-0.2, -0.15) is 4.98 Å². The molecule has 3 rings (SSSR count). The number of hydrogen-bond donors (Lipinski definition) is 0. The molecule has 0 radical (unpaired) electrons. The van der Waals surface area contributed by atoms with Gasteiger partial charge in [0.05, 0.1) is 10.9 Å². The molecule has 2 heterocycles. The Morgan fingerprint density at radius 1 is 1.40 bits per heavy atom. The SMILES string of the molecule is CCc1noc(C(C)SC2=Nc3ccccc3CS2)n1. The predicted molar refractivity (Wildman–Crippen MR) is 84.5 cm³/mol. The predicted octanol–water partition coefficient (Wildman–Crippen LogP) is 4.36. The average molecular weight is 305 g/mol. The molecule has 0 aliphatic carbocycles. The number of thioether (sulfide) groups is 2. The van der Waals surface area contributed by atoms with Gasteiger partial charge in [-0.1, -0.05) is 53.8 Å². The van der Waals surface area contributed by atoms with E-state index in [2.05, 4.69) is 35.3 Å². The van der Waals surface area contributed by atoms with Crippen LogP contribution in [-0.4, -0.2) is 14.5 Å². The molecule has 1 atom stereocenters. The van der Waals surface area contributed by atoms with E-state index in [9.17, 15) is 0 Å². The Kier molecular flexibility index (Phi) is 4.12. The molecule has 0 spiro atoms. The quantitative estimate of drug-likeness (QED) is 0.843. The summed E-state index contributed by atoms with van der Waals surface area (Å²) in [6.45, 7) is 4.09. The molecule has 0 N–H and O–H groups in total. The maximum absolute atomic E-state index is 5.28. The van der Waals surface area contributed by atoms with Gasteiger partial charge in [0.2, 0.25) is 5.89 Å². The highest BCUT2D eigenvalue weighted by Crippen LogP contribution is 2.39. The summed E-state index contributed by atoms with van der Waals surface area (Å²) in [6, 6.07) is 8.26. The van der Waals surface area contributed by atoms with Gasteiger partial charge < -0.3 is 4.52 Å². The Morgan fingerprint density at radius 2 is 2.25 bits per heavy atom. The third-order valence-corrected chi connectivity index (χ3v) is 5.26. The van der Waals surface area contributed by atoms with Gasteiger partial charge in [0.1, 0.15) is 4.38 Å². The fourth-order valence-electron chi connectivity index (χ4n) is 1.85. The van der Waals surface area contributed by atoms with Crippen LogP contribution in [0.1, 0.15) is 36.4 Å². The zero-order chi connectivity index (χ0) is 13.9. The van der Waals surface area contributed by atoms with E-state index in [0.29, 0.717) is 5.89 Å². The van der Waals surface area contributed by atoms with Crippen molar-refractivity contribution in [1.82, 2.24) is 10.1 Å². The summed E-state index contributed by atoms with van der Waals surface area (Å²) in [6.07, 6.45) is 0.796. The van der Waals surface area contributed by atoms with Crippen molar-refractivity contribution in [2.24, 2.45) is 4.99 Å². The van der Waals surface area contributed by atoms with Crippen molar-refractivity contribution < 1.29 is 4.52 Å². The molecule has 104 valence electrons. The maximum Gasteiger partial charge on any atom is 0.239 e. The minimum Gasteiger partial charge on any atom is -0.338 e. The van der Waals surface area contributed by atoms with Gasteiger partial charge >= 0.3 is 0 Å². The lowest BCUT2D eigenvalue weighted by molar-refractivity contribution is 0.375. The number of para-hydroxylation sites is 1. The first-order valence-electron chi connectivity index (χ1n) is 6.54. The van der Waals surface area contributed by atoms with Crippen molar-refractivity contribution in [2.75, 3.05) is 0 Å². The highest BCUT2D eigenvalue weighted by atomic mass is 32.2. The van der Waals surface area contributed by atoms with E-state index < -0.39 is 0 Å². The summed E-state index contributed by atoms with van der Waals surface area (Å²) in [4.78, 5) is 9.07. The number of hydrogen-bond acceptors (Lipinski definition) is 6. The monoisotopic (exact) mass is 305 g/mol. The van der Waals surface area contributed by atoms with Crippen LogP contribution in [0.15, 0.2) is 33.8 Å². The van der Waals surface area contributed by atoms with Gasteiger partial charge in [0, 0.05) is 12.2 Å². The first kappa shape index (κ1) is 13.7. The largest absolute Gasteiger partial charge is 0.338 e. The Balaban J connectivity index is 1.74. The van der Waals surface area contributed by atoms with Gasteiger partial charge in [-0.05, 0) is 18.6 Å². The van der Waals surface area contributed by atoms with E-state index in [1.54, 1.807) is 23.5 Å². The van der Waals surface area contributed by atoms with Crippen LogP contribution in [0.25, 0.3) is 0 Å². The molecular formula is C14H15N3OS2. The molecule has 1 aliphatic rings. The van der Waals surface area contributed by atoms with Crippen LogP contribution in [-0.2, 0) is 12.2 Å². The summed E-state index contributed by atoms with van der Waals surface area (Å²) in [5.74, 6) is 2.41. The maximum atomic E-state index is 5.28.